The molecule has 0 aromatic heterocycles. The van der Waals surface area contributed by atoms with Gasteiger partial charge in [0.05, 0.1) is 0 Å². The standard InChI is InChI=1S/C13H13F3O2S/c14-13(15,16)19(17,18)12-8-6-11(7-9-12)10-4-2-1-3-5-10/h1-5,8,11H,6-7,9H2. The zero-order chi connectivity index (χ0) is 14.1. The van der Waals surface area contributed by atoms with E-state index < -0.39 is 20.3 Å². The molecule has 6 heteroatoms. The molecule has 2 rings (SSSR count). The fourth-order valence-corrected chi connectivity index (χ4v) is 3.23. The third-order valence-electron chi connectivity index (χ3n) is 3.29. The van der Waals surface area contributed by atoms with E-state index in [4.69, 9.17) is 0 Å². The van der Waals surface area contributed by atoms with Gasteiger partial charge in [-0.05, 0) is 30.7 Å². The molecule has 1 aromatic rings. The highest BCUT2D eigenvalue weighted by Gasteiger charge is 2.48. The molecular weight excluding hydrogens is 277 g/mol. The Bertz CT molecular complexity index is 574. The fraction of sp³-hybridized carbons (Fsp3) is 0.385. The van der Waals surface area contributed by atoms with Gasteiger partial charge in [-0.25, -0.2) is 8.42 Å². The highest BCUT2D eigenvalue weighted by atomic mass is 32.2. The summed E-state index contributed by atoms with van der Waals surface area (Å²) >= 11 is 0. The summed E-state index contributed by atoms with van der Waals surface area (Å²) in [4.78, 5) is -0.493. The SMILES string of the molecule is O=S(=O)(C1=CCC(c2ccccc2)CC1)C(F)(F)F. The Morgan fingerprint density at radius 2 is 1.74 bits per heavy atom. The molecule has 1 aliphatic rings. The van der Waals surface area contributed by atoms with Gasteiger partial charge in [0.1, 0.15) is 0 Å². The number of rotatable bonds is 2. The average molecular weight is 290 g/mol. The molecule has 0 heterocycles. The Balaban J connectivity index is 2.18. The quantitative estimate of drug-likeness (QED) is 0.830. The predicted molar refractivity (Wildman–Crippen MR) is 66.1 cm³/mol. The van der Waals surface area contributed by atoms with Gasteiger partial charge in [-0.2, -0.15) is 13.2 Å². The monoisotopic (exact) mass is 290 g/mol. The molecule has 0 saturated carbocycles. The number of alkyl halides is 3. The van der Waals surface area contributed by atoms with Gasteiger partial charge in [-0.1, -0.05) is 36.4 Å². The molecule has 2 nitrogen and oxygen atoms in total. The van der Waals surface area contributed by atoms with Crippen LogP contribution in [0.1, 0.15) is 30.7 Å². The van der Waals surface area contributed by atoms with Crippen LogP contribution in [0.5, 0.6) is 0 Å². The Labute approximate surface area is 109 Å². The molecule has 0 radical (unpaired) electrons. The highest BCUT2D eigenvalue weighted by molar-refractivity contribution is 7.96. The second-order valence-electron chi connectivity index (χ2n) is 4.50. The number of allylic oxidation sites excluding steroid dienone is 2. The van der Waals surface area contributed by atoms with Gasteiger partial charge < -0.3 is 0 Å². The van der Waals surface area contributed by atoms with Gasteiger partial charge in [0.15, 0.2) is 0 Å². The summed E-state index contributed by atoms with van der Waals surface area (Å²) in [5.41, 5.74) is -4.17. The zero-order valence-electron chi connectivity index (χ0n) is 10.0. The van der Waals surface area contributed by atoms with Crippen LogP contribution in [0.4, 0.5) is 13.2 Å². The molecule has 0 amide bonds. The number of sulfone groups is 1. The highest BCUT2D eigenvalue weighted by Crippen LogP contribution is 2.38. The second-order valence-corrected chi connectivity index (χ2v) is 6.50. The number of hydrogen-bond acceptors (Lipinski definition) is 2. The molecule has 0 saturated heterocycles. The minimum absolute atomic E-state index is 0.0542. The maximum absolute atomic E-state index is 12.4. The van der Waals surface area contributed by atoms with Gasteiger partial charge in [0.25, 0.3) is 9.84 Å². The van der Waals surface area contributed by atoms with E-state index in [0.29, 0.717) is 12.8 Å². The molecule has 0 aliphatic heterocycles. The number of benzene rings is 1. The van der Waals surface area contributed by atoms with Crippen molar-refractivity contribution < 1.29 is 21.6 Å². The van der Waals surface area contributed by atoms with E-state index in [-0.39, 0.29) is 12.3 Å². The maximum Gasteiger partial charge on any atom is 0.501 e. The van der Waals surface area contributed by atoms with Crippen LogP contribution < -0.4 is 0 Å². The van der Waals surface area contributed by atoms with Gasteiger partial charge in [-0.15, -0.1) is 0 Å². The molecule has 0 fully saturated rings. The predicted octanol–water partition coefficient (Wildman–Crippen LogP) is 3.77. The normalized spacial score (nSPS) is 21.0. The summed E-state index contributed by atoms with van der Waals surface area (Å²) in [5, 5.41) is 0. The van der Waals surface area contributed by atoms with Crippen LogP contribution in [0, 0.1) is 0 Å². The lowest BCUT2D eigenvalue weighted by molar-refractivity contribution is -0.0428. The molecule has 1 aromatic carbocycles. The summed E-state index contributed by atoms with van der Waals surface area (Å²) < 4.78 is 59.7. The van der Waals surface area contributed by atoms with Crippen LogP contribution in [-0.2, 0) is 9.84 Å². The van der Waals surface area contributed by atoms with Crippen molar-refractivity contribution in [1.82, 2.24) is 0 Å². The van der Waals surface area contributed by atoms with Crippen molar-refractivity contribution in [3.63, 3.8) is 0 Å². The molecule has 0 N–H and O–H groups in total. The lowest BCUT2D eigenvalue weighted by atomic mass is 9.88. The Morgan fingerprint density at radius 1 is 1.11 bits per heavy atom. The van der Waals surface area contributed by atoms with Crippen LogP contribution in [0.15, 0.2) is 41.3 Å². The second kappa shape index (κ2) is 5.00. The van der Waals surface area contributed by atoms with E-state index in [1.807, 2.05) is 30.3 Å². The van der Waals surface area contributed by atoms with Crippen LogP contribution in [0.3, 0.4) is 0 Å². The molecular formula is C13H13F3O2S. The van der Waals surface area contributed by atoms with Crippen molar-refractivity contribution >= 4 is 9.84 Å². The molecule has 0 bridgehead atoms. The van der Waals surface area contributed by atoms with E-state index >= 15 is 0 Å². The minimum Gasteiger partial charge on any atom is -0.215 e. The van der Waals surface area contributed by atoms with Crippen LogP contribution in [0.2, 0.25) is 0 Å². The third kappa shape index (κ3) is 2.83. The van der Waals surface area contributed by atoms with Crippen molar-refractivity contribution in [2.45, 2.75) is 30.7 Å². The largest absolute Gasteiger partial charge is 0.501 e. The van der Waals surface area contributed by atoms with Crippen LogP contribution in [-0.4, -0.2) is 13.9 Å². The number of halogens is 3. The van der Waals surface area contributed by atoms with Crippen molar-refractivity contribution in [3.8, 4) is 0 Å². The Hall–Kier alpha value is -1.30. The Kier molecular flexibility index (Phi) is 3.71. The average Bonchev–Trinajstić information content (AvgIpc) is 2.39. The molecule has 1 aliphatic carbocycles. The summed E-state index contributed by atoms with van der Waals surface area (Å²) in [6.07, 6.45) is 1.91. The summed E-state index contributed by atoms with van der Waals surface area (Å²) in [6.45, 7) is 0. The first-order chi connectivity index (χ1) is 8.82. The van der Waals surface area contributed by atoms with E-state index in [1.54, 1.807) is 0 Å². The lowest BCUT2D eigenvalue weighted by Gasteiger charge is -2.22. The topological polar surface area (TPSA) is 34.1 Å². The van der Waals surface area contributed by atoms with Crippen molar-refractivity contribution in [2.75, 3.05) is 0 Å². The molecule has 1 atom stereocenters. The summed E-state index contributed by atoms with van der Waals surface area (Å²) in [5.74, 6) is 0.0911. The van der Waals surface area contributed by atoms with Crippen molar-refractivity contribution in [2.24, 2.45) is 0 Å². The first kappa shape index (κ1) is 14.1. The third-order valence-corrected chi connectivity index (χ3v) is 4.96. The smallest absolute Gasteiger partial charge is 0.215 e. The van der Waals surface area contributed by atoms with E-state index in [2.05, 4.69) is 0 Å². The van der Waals surface area contributed by atoms with Crippen molar-refractivity contribution in [1.29, 1.82) is 0 Å². The van der Waals surface area contributed by atoms with E-state index in [9.17, 15) is 21.6 Å². The van der Waals surface area contributed by atoms with Crippen LogP contribution in [0.25, 0.3) is 0 Å². The summed E-state index contributed by atoms with van der Waals surface area (Å²) in [7, 11) is -5.14. The van der Waals surface area contributed by atoms with Gasteiger partial charge in [-0.3, -0.25) is 0 Å². The first-order valence-electron chi connectivity index (χ1n) is 5.87. The number of hydrogen-bond donors (Lipinski definition) is 0. The molecule has 19 heavy (non-hydrogen) atoms. The van der Waals surface area contributed by atoms with E-state index in [1.165, 1.54) is 6.08 Å². The lowest BCUT2D eigenvalue weighted by Crippen LogP contribution is -2.26. The molecule has 1 unspecified atom stereocenters. The zero-order valence-corrected chi connectivity index (χ0v) is 10.8. The van der Waals surface area contributed by atoms with Crippen molar-refractivity contribution in [3.05, 3.63) is 46.9 Å². The van der Waals surface area contributed by atoms with Gasteiger partial charge >= 0.3 is 5.51 Å². The van der Waals surface area contributed by atoms with E-state index in [0.717, 1.165) is 5.56 Å². The first-order valence-corrected chi connectivity index (χ1v) is 7.36. The minimum atomic E-state index is -5.20. The summed E-state index contributed by atoms with van der Waals surface area (Å²) in [6, 6.07) is 9.40. The van der Waals surface area contributed by atoms with Gasteiger partial charge in [0.2, 0.25) is 0 Å². The van der Waals surface area contributed by atoms with Gasteiger partial charge in [0, 0.05) is 4.91 Å². The molecule has 0 spiro atoms. The molecule has 104 valence electrons. The fourth-order valence-electron chi connectivity index (χ4n) is 2.23. The Morgan fingerprint density at radius 3 is 2.21 bits per heavy atom. The maximum atomic E-state index is 12.4. The van der Waals surface area contributed by atoms with Crippen LogP contribution >= 0.6 is 0 Å².